The number of ketones is 1. The van der Waals surface area contributed by atoms with Crippen LogP contribution in [0.1, 0.15) is 33.9 Å². The zero-order valence-electron chi connectivity index (χ0n) is 10.7. The Morgan fingerprint density at radius 3 is 2.15 bits per heavy atom. The molecule has 0 aliphatic rings. The van der Waals surface area contributed by atoms with Crippen LogP contribution in [0.15, 0.2) is 36.4 Å². The van der Waals surface area contributed by atoms with E-state index in [4.69, 9.17) is 5.11 Å². The Hall–Kier alpha value is -1.34. The molecule has 0 amide bonds. The van der Waals surface area contributed by atoms with Gasteiger partial charge in [0.2, 0.25) is 0 Å². The van der Waals surface area contributed by atoms with E-state index < -0.39 is 5.97 Å². The number of carboxylic acids is 1. The molecule has 1 N–H and O–H groups in total. The summed E-state index contributed by atoms with van der Waals surface area (Å²) in [6.07, 6.45) is 0. The minimum atomic E-state index is -0.937. The van der Waals surface area contributed by atoms with Gasteiger partial charge in [0.05, 0.1) is 10.4 Å². The summed E-state index contributed by atoms with van der Waals surface area (Å²) in [5.41, 5.74) is 1.19. The number of thiophene rings is 1. The van der Waals surface area contributed by atoms with Gasteiger partial charge in [-0.25, -0.2) is 4.79 Å². The molecule has 1 aromatic heterocycles. The first-order valence-corrected chi connectivity index (χ1v) is 6.78. The molecule has 0 saturated carbocycles. The van der Waals surface area contributed by atoms with E-state index in [0.717, 1.165) is 15.3 Å². The second-order valence-electron chi connectivity index (χ2n) is 4.57. The number of hydrogen-bond donors (Lipinski definition) is 1. The third-order valence-electron chi connectivity index (χ3n) is 2.79. The fourth-order valence-corrected chi connectivity index (χ4v) is 2.79. The van der Waals surface area contributed by atoms with Crippen LogP contribution in [-0.2, 0) is 0 Å². The van der Waals surface area contributed by atoms with Crippen LogP contribution in [0.3, 0.4) is 0 Å². The molecule has 0 bridgehead atoms. The van der Waals surface area contributed by atoms with Crippen molar-refractivity contribution in [1.29, 1.82) is 0 Å². The van der Waals surface area contributed by atoms with Crippen molar-refractivity contribution >= 4 is 41.9 Å². The number of hydrogen-bond acceptors (Lipinski definition) is 3. The van der Waals surface area contributed by atoms with Crippen LogP contribution < -0.4 is 0 Å². The van der Waals surface area contributed by atoms with Crippen molar-refractivity contribution in [3.63, 3.8) is 0 Å². The maximum absolute atomic E-state index is 11.9. The van der Waals surface area contributed by atoms with Gasteiger partial charge in [-0.15, -0.1) is 11.3 Å². The van der Waals surface area contributed by atoms with E-state index in [1.807, 2.05) is 26.0 Å². The summed E-state index contributed by atoms with van der Waals surface area (Å²) in [5.74, 6) is -0.812. The Balaban J connectivity index is 0.00000200. The maximum atomic E-state index is 11.9. The van der Waals surface area contributed by atoms with E-state index in [-0.39, 0.29) is 36.1 Å². The first kappa shape index (κ1) is 16.7. The van der Waals surface area contributed by atoms with Crippen molar-refractivity contribution < 1.29 is 14.7 Å². The predicted octanol–water partition coefficient (Wildman–Crippen LogP) is 3.30. The summed E-state index contributed by atoms with van der Waals surface area (Å²) >= 11 is 1.44. The van der Waals surface area contributed by atoms with Gasteiger partial charge in [-0.05, 0) is 29.8 Å². The molecule has 1 heterocycles. The fraction of sp³-hybridized carbons (Fsp3) is 0.200. The predicted molar refractivity (Wildman–Crippen MR) is 83.0 cm³/mol. The zero-order chi connectivity index (χ0) is 14.0. The molecule has 2 rings (SSSR count). The normalized spacial score (nSPS) is 10.2. The molecule has 0 saturated heterocycles. The van der Waals surface area contributed by atoms with Gasteiger partial charge in [0.25, 0.3) is 0 Å². The third kappa shape index (κ3) is 3.60. The average molecular weight is 282 g/mol. The number of benzene rings is 1. The monoisotopic (exact) mass is 282 g/mol. The average Bonchev–Trinajstić information content (AvgIpc) is 2.87. The molecule has 100 valence electrons. The van der Waals surface area contributed by atoms with Gasteiger partial charge in [-0.3, -0.25) is 4.79 Å². The van der Waals surface area contributed by atoms with Crippen LogP contribution in [0.2, 0.25) is 0 Å². The van der Waals surface area contributed by atoms with Crippen molar-refractivity contribution in [2.45, 2.75) is 13.8 Å². The number of carboxylic acid groups (broad SMARTS) is 1. The molecule has 2 aromatic rings. The van der Waals surface area contributed by atoms with Crippen molar-refractivity contribution in [3.8, 4) is 10.4 Å². The van der Waals surface area contributed by atoms with Gasteiger partial charge in [-0.1, -0.05) is 26.0 Å². The Bertz CT molecular complexity index is 614. The van der Waals surface area contributed by atoms with Gasteiger partial charge in [0.1, 0.15) is 0 Å². The van der Waals surface area contributed by atoms with Gasteiger partial charge >= 0.3 is 24.8 Å². The molecule has 0 aliphatic carbocycles. The van der Waals surface area contributed by atoms with E-state index >= 15 is 0 Å². The summed E-state index contributed by atoms with van der Waals surface area (Å²) < 4.78 is 0. The van der Waals surface area contributed by atoms with Crippen molar-refractivity contribution in [1.82, 2.24) is 0 Å². The molecule has 20 heavy (non-hydrogen) atoms. The summed E-state index contributed by atoms with van der Waals surface area (Å²) in [5, 5.41) is 8.84. The summed E-state index contributed by atoms with van der Waals surface area (Å²) in [6.45, 7) is 3.76. The van der Waals surface area contributed by atoms with Crippen molar-refractivity contribution in [2.24, 2.45) is 5.92 Å². The Kier molecular flexibility index (Phi) is 5.76. The van der Waals surface area contributed by atoms with Gasteiger partial charge < -0.3 is 5.11 Å². The van der Waals surface area contributed by atoms with E-state index in [9.17, 15) is 9.59 Å². The van der Waals surface area contributed by atoms with Crippen LogP contribution in [0.4, 0.5) is 0 Å². The number of carbonyl (C=O) groups excluding carboxylic acids is 1. The second kappa shape index (κ2) is 6.89. The molecule has 1 aromatic carbocycles. The number of carbonyl (C=O) groups is 2. The molecule has 0 radical (unpaired) electrons. The minimum absolute atomic E-state index is 0. The molecule has 0 fully saturated rings. The van der Waals surface area contributed by atoms with Crippen LogP contribution in [0, 0.1) is 5.92 Å². The quantitative estimate of drug-likeness (QED) is 0.691. The number of Topliss-reactive ketones (excluding diaryl/α,β-unsaturated/α-hetero) is 1. The fourth-order valence-electron chi connectivity index (χ4n) is 1.69. The number of rotatable bonds is 4. The summed E-state index contributed by atoms with van der Waals surface area (Å²) in [6, 6.07) is 10.4. The van der Waals surface area contributed by atoms with Crippen LogP contribution in [-0.4, -0.2) is 35.7 Å². The molecule has 0 spiro atoms. The third-order valence-corrected chi connectivity index (χ3v) is 3.94. The zero-order valence-corrected chi connectivity index (χ0v) is 11.5. The SMILES string of the molecule is CC(C)C(=O)c1ccc(-c2ccc(C(=O)O)cc2)s1.[LiH]. The Morgan fingerprint density at radius 2 is 1.65 bits per heavy atom. The summed E-state index contributed by atoms with van der Waals surface area (Å²) in [7, 11) is 0. The second-order valence-corrected chi connectivity index (χ2v) is 5.65. The first-order chi connectivity index (χ1) is 8.99. The van der Waals surface area contributed by atoms with Crippen molar-refractivity contribution in [2.75, 3.05) is 0 Å². The van der Waals surface area contributed by atoms with Crippen molar-refractivity contribution in [3.05, 3.63) is 46.8 Å². The number of aromatic carboxylic acids is 1. The molecule has 0 atom stereocenters. The molecular formula is C15H15LiO3S. The Labute approximate surface area is 133 Å². The van der Waals surface area contributed by atoms with E-state index in [0.29, 0.717) is 0 Å². The van der Waals surface area contributed by atoms with Gasteiger partial charge in [0, 0.05) is 10.8 Å². The topological polar surface area (TPSA) is 54.4 Å². The van der Waals surface area contributed by atoms with Gasteiger partial charge in [0.15, 0.2) is 5.78 Å². The standard InChI is InChI=1S/C15H14O3S.Li.H/c1-9(2)14(16)13-8-7-12(19-13)10-3-5-11(6-4-10)15(17)18;;/h3-9H,1-2H3,(H,17,18);;. The molecule has 3 nitrogen and oxygen atoms in total. The van der Waals surface area contributed by atoms with Gasteiger partial charge in [-0.2, -0.15) is 0 Å². The Morgan fingerprint density at radius 1 is 1.05 bits per heavy atom. The molecule has 0 aliphatic heterocycles. The molecular weight excluding hydrogens is 267 g/mol. The van der Waals surface area contributed by atoms with E-state index in [1.165, 1.54) is 11.3 Å². The molecule has 5 heteroatoms. The van der Waals surface area contributed by atoms with Crippen LogP contribution in [0.25, 0.3) is 10.4 Å². The van der Waals surface area contributed by atoms with Crippen LogP contribution >= 0.6 is 11.3 Å². The van der Waals surface area contributed by atoms with Crippen LogP contribution in [0.5, 0.6) is 0 Å². The summed E-state index contributed by atoms with van der Waals surface area (Å²) in [4.78, 5) is 24.4. The first-order valence-electron chi connectivity index (χ1n) is 5.97. The molecule has 0 unspecified atom stereocenters. The van der Waals surface area contributed by atoms with E-state index in [1.54, 1.807) is 24.3 Å². The van der Waals surface area contributed by atoms with E-state index in [2.05, 4.69) is 0 Å².